The molecule has 1 spiro atoms. The Morgan fingerprint density at radius 3 is 2.53 bits per heavy atom. The van der Waals surface area contributed by atoms with Gasteiger partial charge in [-0.05, 0) is 31.2 Å². The van der Waals surface area contributed by atoms with E-state index in [-0.39, 0.29) is 36.9 Å². The van der Waals surface area contributed by atoms with Crippen molar-refractivity contribution in [1.82, 2.24) is 14.7 Å². The van der Waals surface area contributed by atoms with Crippen LogP contribution in [0.5, 0.6) is 0 Å². The SMILES string of the molecule is O=C(C1CCOC1)N1CCC2(CC1)C(=O)N(CCCO)C(=O)N2Cc1ccccc1. The van der Waals surface area contributed by atoms with Crippen LogP contribution in [0.25, 0.3) is 0 Å². The lowest BCUT2D eigenvalue weighted by Gasteiger charge is -2.42. The van der Waals surface area contributed by atoms with Gasteiger partial charge < -0.3 is 19.6 Å². The molecule has 3 heterocycles. The lowest BCUT2D eigenvalue weighted by molar-refractivity contribution is -0.143. The Morgan fingerprint density at radius 1 is 1.17 bits per heavy atom. The van der Waals surface area contributed by atoms with Gasteiger partial charge in [-0.25, -0.2) is 4.79 Å². The summed E-state index contributed by atoms with van der Waals surface area (Å²) in [6, 6.07) is 9.33. The highest BCUT2D eigenvalue weighted by atomic mass is 16.5. The molecule has 1 aromatic rings. The first-order valence-electron chi connectivity index (χ1n) is 10.7. The molecule has 0 saturated carbocycles. The summed E-state index contributed by atoms with van der Waals surface area (Å²) in [6.07, 6.45) is 1.96. The third kappa shape index (κ3) is 3.70. The van der Waals surface area contributed by atoms with E-state index in [1.165, 1.54) is 4.90 Å². The standard InChI is InChI=1S/C22H29N3O5/c26-13-4-10-24-20(28)22(25(21(24)29)15-17-5-2-1-3-6-17)8-11-23(12-9-22)19(27)18-7-14-30-16-18/h1-3,5-6,18,26H,4,7-16H2. The van der Waals surface area contributed by atoms with E-state index in [1.54, 1.807) is 4.90 Å². The zero-order chi connectivity index (χ0) is 21.1. The molecule has 3 aliphatic rings. The smallest absolute Gasteiger partial charge is 0.327 e. The number of urea groups is 1. The number of aliphatic hydroxyl groups excluding tert-OH is 1. The molecule has 1 unspecified atom stereocenters. The lowest BCUT2D eigenvalue weighted by Crippen LogP contribution is -2.57. The van der Waals surface area contributed by atoms with Gasteiger partial charge in [-0.2, -0.15) is 0 Å². The summed E-state index contributed by atoms with van der Waals surface area (Å²) in [4.78, 5) is 44.1. The average Bonchev–Trinajstić information content (AvgIpc) is 3.37. The Bertz CT molecular complexity index is 785. The summed E-state index contributed by atoms with van der Waals surface area (Å²) in [6.45, 7) is 2.48. The van der Waals surface area contributed by atoms with Crippen LogP contribution in [-0.4, -0.2) is 82.6 Å². The van der Waals surface area contributed by atoms with Gasteiger partial charge in [-0.3, -0.25) is 14.5 Å². The van der Waals surface area contributed by atoms with E-state index >= 15 is 0 Å². The maximum Gasteiger partial charge on any atom is 0.327 e. The number of imide groups is 1. The molecule has 3 fully saturated rings. The number of ether oxygens (including phenoxy) is 1. The number of carbonyl (C=O) groups excluding carboxylic acids is 3. The highest BCUT2D eigenvalue weighted by Gasteiger charge is 2.58. The number of benzene rings is 1. The highest BCUT2D eigenvalue weighted by Crippen LogP contribution is 2.39. The number of hydrogen-bond acceptors (Lipinski definition) is 5. The van der Waals surface area contributed by atoms with E-state index < -0.39 is 5.54 Å². The van der Waals surface area contributed by atoms with E-state index in [9.17, 15) is 19.5 Å². The second-order valence-corrected chi connectivity index (χ2v) is 8.31. The second kappa shape index (κ2) is 8.73. The number of rotatable bonds is 6. The molecule has 3 aliphatic heterocycles. The molecule has 8 nitrogen and oxygen atoms in total. The number of hydrogen-bond donors (Lipinski definition) is 1. The van der Waals surface area contributed by atoms with Crippen molar-refractivity contribution >= 4 is 17.8 Å². The molecule has 3 saturated heterocycles. The van der Waals surface area contributed by atoms with Crippen LogP contribution in [0.4, 0.5) is 4.79 Å². The number of likely N-dealkylation sites (tertiary alicyclic amines) is 1. The van der Waals surface area contributed by atoms with E-state index in [0.29, 0.717) is 52.1 Å². The molecule has 0 bridgehead atoms. The third-order valence-corrected chi connectivity index (χ3v) is 6.53. The van der Waals surface area contributed by atoms with Crippen molar-refractivity contribution in [3.05, 3.63) is 35.9 Å². The minimum absolute atomic E-state index is 0.0749. The van der Waals surface area contributed by atoms with Crippen molar-refractivity contribution in [3.63, 3.8) is 0 Å². The Balaban J connectivity index is 1.54. The van der Waals surface area contributed by atoms with Crippen molar-refractivity contribution in [2.75, 3.05) is 39.5 Å². The van der Waals surface area contributed by atoms with Gasteiger partial charge in [0.1, 0.15) is 5.54 Å². The van der Waals surface area contributed by atoms with Crippen molar-refractivity contribution in [2.24, 2.45) is 5.92 Å². The van der Waals surface area contributed by atoms with Crippen molar-refractivity contribution in [2.45, 2.75) is 37.8 Å². The lowest BCUT2D eigenvalue weighted by atomic mass is 9.85. The first-order chi connectivity index (χ1) is 14.6. The van der Waals surface area contributed by atoms with Crippen LogP contribution in [0.2, 0.25) is 0 Å². The zero-order valence-electron chi connectivity index (χ0n) is 17.2. The molecule has 1 N–H and O–H groups in total. The third-order valence-electron chi connectivity index (χ3n) is 6.53. The predicted octanol–water partition coefficient (Wildman–Crippen LogP) is 1.23. The predicted molar refractivity (Wildman–Crippen MR) is 108 cm³/mol. The average molecular weight is 415 g/mol. The topological polar surface area (TPSA) is 90.4 Å². The molecule has 1 atom stereocenters. The monoisotopic (exact) mass is 415 g/mol. The number of carbonyl (C=O) groups is 3. The van der Waals surface area contributed by atoms with Gasteiger partial charge in [-0.1, -0.05) is 30.3 Å². The first kappa shape index (κ1) is 20.8. The molecule has 30 heavy (non-hydrogen) atoms. The maximum atomic E-state index is 13.4. The molecule has 0 radical (unpaired) electrons. The van der Waals surface area contributed by atoms with Crippen LogP contribution in [0.3, 0.4) is 0 Å². The van der Waals surface area contributed by atoms with Gasteiger partial charge in [0.25, 0.3) is 5.91 Å². The Hall–Kier alpha value is -2.45. The molecule has 0 aliphatic carbocycles. The minimum atomic E-state index is -0.925. The van der Waals surface area contributed by atoms with E-state index in [2.05, 4.69) is 0 Å². The summed E-state index contributed by atoms with van der Waals surface area (Å²) in [5.74, 6) is -0.208. The van der Waals surface area contributed by atoms with E-state index in [0.717, 1.165) is 12.0 Å². The number of nitrogens with zero attached hydrogens (tertiary/aromatic N) is 3. The summed E-state index contributed by atoms with van der Waals surface area (Å²) in [5, 5.41) is 9.18. The summed E-state index contributed by atoms with van der Waals surface area (Å²) >= 11 is 0. The normalized spacial score (nSPS) is 23.6. The van der Waals surface area contributed by atoms with Crippen LogP contribution >= 0.6 is 0 Å². The largest absolute Gasteiger partial charge is 0.396 e. The van der Waals surface area contributed by atoms with Gasteiger partial charge in [0.05, 0.1) is 12.5 Å². The molecular formula is C22H29N3O5. The number of amides is 4. The number of piperidine rings is 1. The van der Waals surface area contributed by atoms with E-state index in [4.69, 9.17) is 4.74 Å². The van der Waals surface area contributed by atoms with Gasteiger partial charge in [0, 0.05) is 39.4 Å². The molecule has 4 rings (SSSR count). The Morgan fingerprint density at radius 2 is 1.90 bits per heavy atom. The number of aliphatic hydroxyl groups is 1. The van der Waals surface area contributed by atoms with Crippen LogP contribution in [0.1, 0.15) is 31.2 Å². The molecule has 4 amide bonds. The first-order valence-corrected chi connectivity index (χ1v) is 10.7. The fourth-order valence-corrected chi connectivity index (χ4v) is 4.76. The van der Waals surface area contributed by atoms with Gasteiger partial charge in [0.15, 0.2) is 0 Å². The minimum Gasteiger partial charge on any atom is -0.396 e. The molecule has 162 valence electrons. The van der Waals surface area contributed by atoms with Crippen molar-refractivity contribution in [1.29, 1.82) is 0 Å². The quantitative estimate of drug-likeness (QED) is 0.706. The summed E-state index contributed by atoms with van der Waals surface area (Å²) in [7, 11) is 0. The fraction of sp³-hybridized carbons (Fsp3) is 0.591. The molecule has 1 aromatic carbocycles. The fourth-order valence-electron chi connectivity index (χ4n) is 4.76. The van der Waals surface area contributed by atoms with Crippen LogP contribution in [0.15, 0.2) is 30.3 Å². The van der Waals surface area contributed by atoms with Crippen molar-refractivity contribution in [3.8, 4) is 0 Å². The second-order valence-electron chi connectivity index (χ2n) is 8.31. The highest BCUT2D eigenvalue weighted by molar-refractivity contribution is 6.07. The summed E-state index contributed by atoms with van der Waals surface area (Å²) in [5.41, 5.74) is 0.0364. The zero-order valence-corrected chi connectivity index (χ0v) is 17.2. The Kier molecular flexibility index (Phi) is 6.06. The van der Waals surface area contributed by atoms with Crippen molar-refractivity contribution < 1.29 is 24.2 Å². The van der Waals surface area contributed by atoms with E-state index in [1.807, 2.05) is 35.2 Å². The molecule has 8 heteroatoms. The van der Waals surface area contributed by atoms with Gasteiger partial charge in [-0.15, -0.1) is 0 Å². The van der Waals surface area contributed by atoms with Crippen LogP contribution in [0, 0.1) is 5.92 Å². The maximum absolute atomic E-state index is 13.4. The molecular weight excluding hydrogens is 386 g/mol. The van der Waals surface area contributed by atoms with Gasteiger partial charge >= 0.3 is 6.03 Å². The summed E-state index contributed by atoms with van der Waals surface area (Å²) < 4.78 is 5.35. The van der Waals surface area contributed by atoms with Gasteiger partial charge in [0.2, 0.25) is 5.91 Å². The Labute approximate surface area is 176 Å². The molecule has 0 aromatic heterocycles. The van der Waals surface area contributed by atoms with Crippen LogP contribution in [-0.2, 0) is 20.9 Å². The van der Waals surface area contributed by atoms with Crippen LogP contribution < -0.4 is 0 Å².